The van der Waals surface area contributed by atoms with Gasteiger partial charge in [-0.1, -0.05) is 18.2 Å². The molecule has 0 saturated carbocycles. The molecule has 0 saturated heterocycles. The van der Waals surface area contributed by atoms with Crippen molar-refractivity contribution in [2.75, 3.05) is 6.26 Å². The van der Waals surface area contributed by atoms with Crippen LogP contribution in [0.5, 0.6) is 0 Å². The molecule has 7 heteroatoms. The SMILES string of the molecule is Cc1oc(-c2ccccc2)nc1Cn1ccnc1S(C)(=O)=O. The van der Waals surface area contributed by atoms with Crippen LogP contribution in [-0.2, 0) is 16.4 Å². The molecule has 0 fully saturated rings. The number of oxazole rings is 1. The molecule has 114 valence electrons. The Hall–Kier alpha value is -2.41. The van der Waals surface area contributed by atoms with Crippen molar-refractivity contribution in [2.24, 2.45) is 0 Å². The van der Waals surface area contributed by atoms with Gasteiger partial charge in [-0.05, 0) is 19.1 Å². The number of sulfone groups is 1. The third-order valence-corrected chi connectivity index (χ3v) is 4.25. The van der Waals surface area contributed by atoms with Crippen LogP contribution in [0, 0.1) is 6.92 Å². The van der Waals surface area contributed by atoms with E-state index in [4.69, 9.17) is 4.42 Å². The predicted molar refractivity (Wildman–Crippen MR) is 81.1 cm³/mol. The van der Waals surface area contributed by atoms with E-state index in [0.717, 1.165) is 11.8 Å². The van der Waals surface area contributed by atoms with Gasteiger partial charge in [-0.3, -0.25) is 0 Å². The summed E-state index contributed by atoms with van der Waals surface area (Å²) >= 11 is 0. The number of benzene rings is 1. The number of aryl methyl sites for hydroxylation is 1. The zero-order chi connectivity index (χ0) is 15.7. The first-order valence-corrected chi connectivity index (χ1v) is 8.57. The van der Waals surface area contributed by atoms with Gasteiger partial charge in [0.1, 0.15) is 11.5 Å². The van der Waals surface area contributed by atoms with Gasteiger partial charge in [0.15, 0.2) is 0 Å². The molecule has 0 radical (unpaired) electrons. The second-order valence-electron chi connectivity index (χ2n) is 5.00. The van der Waals surface area contributed by atoms with Crippen molar-refractivity contribution in [2.45, 2.75) is 18.6 Å². The molecule has 0 aliphatic heterocycles. The van der Waals surface area contributed by atoms with E-state index in [1.54, 1.807) is 10.8 Å². The molecule has 22 heavy (non-hydrogen) atoms. The van der Waals surface area contributed by atoms with Crippen LogP contribution >= 0.6 is 0 Å². The summed E-state index contributed by atoms with van der Waals surface area (Å²) in [5, 5.41) is 0.0242. The van der Waals surface area contributed by atoms with E-state index >= 15 is 0 Å². The lowest BCUT2D eigenvalue weighted by Gasteiger charge is -2.04. The summed E-state index contributed by atoms with van der Waals surface area (Å²) in [7, 11) is -3.37. The first-order valence-electron chi connectivity index (χ1n) is 6.68. The second-order valence-corrected chi connectivity index (χ2v) is 6.91. The molecule has 2 aromatic heterocycles. The van der Waals surface area contributed by atoms with Crippen LogP contribution in [-0.4, -0.2) is 29.2 Å². The highest BCUT2D eigenvalue weighted by molar-refractivity contribution is 7.90. The maximum absolute atomic E-state index is 11.7. The van der Waals surface area contributed by atoms with Crippen LogP contribution in [0.25, 0.3) is 11.5 Å². The van der Waals surface area contributed by atoms with E-state index in [9.17, 15) is 8.42 Å². The average molecular weight is 317 g/mol. The zero-order valence-corrected chi connectivity index (χ0v) is 13.0. The lowest BCUT2D eigenvalue weighted by Crippen LogP contribution is -2.10. The Kier molecular flexibility index (Phi) is 3.58. The van der Waals surface area contributed by atoms with E-state index in [1.807, 2.05) is 37.3 Å². The molecule has 0 bridgehead atoms. The third-order valence-electron chi connectivity index (χ3n) is 3.24. The van der Waals surface area contributed by atoms with Crippen LogP contribution in [0.15, 0.2) is 52.3 Å². The van der Waals surface area contributed by atoms with Gasteiger partial charge in [0.2, 0.25) is 20.9 Å². The Bertz CT molecular complexity index is 895. The standard InChI is InChI=1S/C15H15N3O3S/c1-11-13(10-18-9-8-16-15(18)22(2,19)20)17-14(21-11)12-6-4-3-5-7-12/h3-9H,10H2,1-2H3. The average Bonchev–Trinajstić information content (AvgIpc) is 3.08. The van der Waals surface area contributed by atoms with Gasteiger partial charge in [0, 0.05) is 24.2 Å². The van der Waals surface area contributed by atoms with Crippen molar-refractivity contribution < 1.29 is 12.8 Å². The van der Waals surface area contributed by atoms with Gasteiger partial charge in [0.25, 0.3) is 0 Å². The summed E-state index contributed by atoms with van der Waals surface area (Å²) in [5.74, 6) is 1.18. The van der Waals surface area contributed by atoms with Crippen molar-refractivity contribution in [3.63, 3.8) is 0 Å². The molecule has 0 atom stereocenters. The molecule has 0 aliphatic carbocycles. The predicted octanol–water partition coefficient (Wildman–Crippen LogP) is 2.30. The fourth-order valence-corrected chi connectivity index (χ4v) is 2.99. The van der Waals surface area contributed by atoms with E-state index in [0.29, 0.717) is 23.9 Å². The smallest absolute Gasteiger partial charge is 0.227 e. The Morgan fingerprint density at radius 3 is 2.64 bits per heavy atom. The molecule has 0 N–H and O–H groups in total. The molecule has 0 spiro atoms. The van der Waals surface area contributed by atoms with E-state index < -0.39 is 9.84 Å². The summed E-state index contributed by atoms with van der Waals surface area (Å²) in [4.78, 5) is 8.36. The van der Waals surface area contributed by atoms with E-state index in [2.05, 4.69) is 9.97 Å². The van der Waals surface area contributed by atoms with Crippen LogP contribution in [0.2, 0.25) is 0 Å². The Labute approximate surface area is 128 Å². The van der Waals surface area contributed by atoms with Crippen molar-refractivity contribution in [3.8, 4) is 11.5 Å². The maximum Gasteiger partial charge on any atom is 0.227 e. The van der Waals surface area contributed by atoms with Gasteiger partial charge in [0.05, 0.1) is 6.54 Å². The van der Waals surface area contributed by atoms with Gasteiger partial charge in [-0.15, -0.1) is 0 Å². The van der Waals surface area contributed by atoms with Crippen molar-refractivity contribution in [1.82, 2.24) is 14.5 Å². The molecule has 2 heterocycles. The minimum atomic E-state index is -3.37. The summed E-state index contributed by atoms with van der Waals surface area (Å²) < 4.78 is 30.6. The first kappa shape index (κ1) is 14.5. The van der Waals surface area contributed by atoms with Crippen molar-refractivity contribution >= 4 is 9.84 Å². The topological polar surface area (TPSA) is 78.0 Å². The number of hydrogen-bond donors (Lipinski definition) is 0. The summed E-state index contributed by atoms with van der Waals surface area (Å²) in [5.41, 5.74) is 1.56. The molecule has 0 aliphatic rings. The maximum atomic E-state index is 11.7. The summed E-state index contributed by atoms with van der Waals surface area (Å²) in [6.45, 7) is 2.11. The molecule has 3 rings (SSSR count). The quantitative estimate of drug-likeness (QED) is 0.738. The van der Waals surface area contributed by atoms with Gasteiger partial charge in [-0.2, -0.15) is 0 Å². The van der Waals surface area contributed by atoms with Crippen LogP contribution < -0.4 is 0 Å². The lowest BCUT2D eigenvalue weighted by atomic mass is 10.2. The van der Waals surface area contributed by atoms with Crippen LogP contribution in [0.1, 0.15) is 11.5 Å². The summed E-state index contributed by atoms with van der Waals surface area (Å²) in [6.07, 6.45) is 4.22. The van der Waals surface area contributed by atoms with Crippen LogP contribution in [0.3, 0.4) is 0 Å². The number of nitrogens with zero attached hydrogens (tertiary/aromatic N) is 3. The molecule has 3 aromatic rings. The number of hydrogen-bond acceptors (Lipinski definition) is 5. The van der Waals surface area contributed by atoms with Gasteiger partial charge in [-0.25, -0.2) is 18.4 Å². The summed E-state index contributed by atoms with van der Waals surface area (Å²) in [6, 6.07) is 9.56. The fourth-order valence-electron chi connectivity index (χ4n) is 2.18. The first-order chi connectivity index (χ1) is 10.4. The monoisotopic (exact) mass is 317 g/mol. The Morgan fingerprint density at radius 1 is 1.23 bits per heavy atom. The molecule has 6 nitrogen and oxygen atoms in total. The molecule has 1 aromatic carbocycles. The van der Waals surface area contributed by atoms with E-state index in [-0.39, 0.29) is 5.16 Å². The lowest BCUT2D eigenvalue weighted by molar-refractivity contribution is 0.535. The molecular weight excluding hydrogens is 302 g/mol. The zero-order valence-electron chi connectivity index (χ0n) is 12.2. The highest BCUT2D eigenvalue weighted by atomic mass is 32.2. The largest absolute Gasteiger partial charge is 0.441 e. The second kappa shape index (κ2) is 5.42. The highest BCUT2D eigenvalue weighted by Crippen LogP contribution is 2.22. The molecule has 0 unspecified atom stereocenters. The van der Waals surface area contributed by atoms with E-state index in [1.165, 1.54) is 6.20 Å². The van der Waals surface area contributed by atoms with Gasteiger partial charge >= 0.3 is 0 Å². The Balaban J connectivity index is 1.95. The van der Waals surface area contributed by atoms with Crippen LogP contribution in [0.4, 0.5) is 0 Å². The fraction of sp³-hybridized carbons (Fsp3) is 0.200. The highest BCUT2D eigenvalue weighted by Gasteiger charge is 2.17. The third kappa shape index (κ3) is 2.80. The number of rotatable bonds is 4. The normalized spacial score (nSPS) is 11.7. The minimum Gasteiger partial charge on any atom is -0.441 e. The van der Waals surface area contributed by atoms with Crippen molar-refractivity contribution in [1.29, 1.82) is 0 Å². The van der Waals surface area contributed by atoms with Gasteiger partial charge < -0.3 is 8.98 Å². The van der Waals surface area contributed by atoms with Crippen molar-refractivity contribution in [3.05, 3.63) is 54.2 Å². The molecule has 0 amide bonds. The number of imidazole rings is 1. The Morgan fingerprint density at radius 2 is 1.95 bits per heavy atom. The molecular formula is C15H15N3O3S. The number of aromatic nitrogens is 3. The minimum absolute atomic E-state index is 0.0242.